The molecule has 1 amide bonds. The van der Waals surface area contributed by atoms with Crippen molar-refractivity contribution < 1.29 is 36.0 Å². The van der Waals surface area contributed by atoms with Crippen LogP contribution in [0.15, 0.2) is 41.3 Å². The van der Waals surface area contributed by atoms with E-state index in [0.717, 1.165) is 20.1 Å². The van der Waals surface area contributed by atoms with Crippen molar-refractivity contribution in [2.75, 3.05) is 18.7 Å². The Hall–Kier alpha value is -3.45. The number of benzene rings is 2. The number of nitrogens with one attached hydrogen (secondary N) is 2. The Morgan fingerprint density at radius 1 is 1.20 bits per heavy atom. The summed E-state index contributed by atoms with van der Waals surface area (Å²) in [4.78, 5) is 13.2. The molecule has 0 saturated heterocycles. The van der Waals surface area contributed by atoms with Crippen molar-refractivity contribution in [1.29, 1.82) is 4.78 Å². The van der Waals surface area contributed by atoms with E-state index in [9.17, 15) is 26.6 Å². The van der Waals surface area contributed by atoms with Crippen molar-refractivity contribution >= 4 is 32.9 Å². The maximum absolute atomic E-state index is 14.3. The zero-order valence-electron chi connectivity index (χ0n) is 18.3. The van der Waals surface area contributed by atoms with Crippen LogP contribution in [-0.4, -0.2) is 33.7 Å². The number of alkyl halides is 3. The maximum atomic E-state index is 14.3. The molecule has 14 heteroatoms. The second-order valence-corrected chi connectivity index (χ2v) is 9.74. The van der Waals surface area contributed by atoms with Gasteiger partial charge in [-0.2, -0.15) is 13.2 Å². The molecule has 35 heavy (non-hydrogen) atoms. The first kappa shape index (κ1) is 26.2. The van der Waals surface area contributed by atoms with Gasteiger partial charge in [0.05, 0.1) is 21.9 Å². The third kappa shape index (κ3) is 5.62. The second-order valence-electron chi connectivity index (χ2n) is 7.17. The smallest absolute Gasteiger partial charge is 0.435 e. The van der Waals surface area contributed by atoms with Gasteiger partial charge in [0, 0.05) is 16.8 Å². The van der Waals surface area contributed by atoms with Crippen molar-refractivity contribution in [3.05, 3.63) is 64.1 Å². The summed E-state index contributed by atoms with van der Waals surface area (Å²) in [5.74, 6) is -3.52. The van der Waals surface area contributed by atoms with Gasteiger partial charge in [-0.1, -0.05) is 17.7 Å². The Morgan fingerprint density at radius 2 is 1.89 bits per heavy atom. The van der Waals surface area contributed by atoms with E-state index in [2.05, 4.69) is 15.5 Å². The normalized spacial score (nSPS) is 13.1. The number of ether oxygens (including phenoxy) is 2. The molecule has 0 aliphatic carbocycles. The lowest BCUT2D eigenvalue weighted by molar-refractivity contribution is -0.142. The van der Waals surface area contributed by atoms with E-state index in [1.54, 1.807) is 0 Å². The average Bonchev–Trinajstić information content (AvgIpc) is 2.75. The third-order valence-corrected chi connectivity index (χ3v) is 6.09. The van der Waals surface area contributed by atoms with E-state index < -0.39 is 56.1 Å². The van der Waals surface area contributed by atoms with Crippen molar-refractivity contribution in [3.63, 3.8) is 0 Å². The summed E-state index contributed by atoms with van der Waals surface area (Å²) in [5.41, 5.74) is -2.62. The van der Waals surface area contributed by atoms with Crippen LogP contribution in [0, 0.1) is 17.5 Å². The van der Waals surface area contributed by atoms with Gasteiger partial charge in [-0.3, -0.25) is 4.79 Å². The summed E-state index contributed by atoms with van der Waals surface area (Å²) in [6.45, 7) is 0.998. The molecule has 1 unspecified atom stereocenters. The molecule has 186 valence electrons. The Balaban J connectivity index is 2.12. The molecule has 1 heterocycles. The first-order valence-electron chi connectivity index (χ1n) is 9.53. The van der Waals surface area contributed by atoms with E-state index in [1.807, 2.05) is 0 Å². The van der Waals surface area contributed by atoms with Gasteiger partial charge in [-0.05, 0) is 42.8 Å². The molecule has 1 atom stereocenters. The molecule has 0 radical (unpaired) electrons. The van der Waals surface area contributed by atoms with Crippen molar-refractivity contribution in [2.45, 2.75) is 18.0 Å². The maximum Gasteiger partial charge on any atom is 0.435 e. The summed E-state index contributed by atoms with van der Waals surface area (Å²) in [5, 5.41) is 8.62. The molecular weight excluding hydrogens is 516 g/mol. The van der Waals surface area contributed by atoms with E-state index >= 15 is 0 Å². The molecule has 2 aromatic carbocycles. The molecular formula is C21H17ClF4N4O4S. The van der Waals surface area contributed by atoms with Crippen LogP contribution in [0.5, 0.6) is 17.4 Å². The number of nitrogens with zero attached hydrogens (tertiary/aromatic N) is 2. The Bertz CT molecular complexity index is 1420. The number of aromatic nitrogens is 2. The first-order chi connectivity index (χ1) is 16.2. The van der Waals surface area contributed by atoms with Crippen molar-refractivity contribution in [1.82, 2.24) is 10.2 Å². The van der Waals surface area contributed by atoms with Gasteiger partial charge in [0.25, 0.3) is 11.8 Å². The summed E-state index contributed by atoms with van der Waals surface area (Å²) >= 11 is 5.72. The highest BCUT2D eigenvalue weighted by Gasteiger charge is 2.38. The number of amides is 1. The Labute approximate surface area is 202 Å². The predicted octanol–water partition coefficient (Wildman–Crippen LogP) is 5.68. The lowest BCUT2D eigenvalue weighted by Gasteiger charge is -2.17. The van der Waals surface area contributed by atoms with E-state index in [4.69, 9.17) is 25.9 Å². The van der Waals surface area contributed by atoms with Crippen LogP contribution in [-0.2, 0) is 15.9 Å². The fraction of sp³-hybridized carbons (Fsp3) is 0.190. The molecule has 2 N–H and O–H groups in total. The van der Waals surface area contributed by atoms with Crippen molar-refractivity contribution in [3.8, 4) is 17.4 Å². The van der Waals surface area contributed by atoms with E-state index in [1.165, 1.54) is 36.6 Å². The SMILES string of the molecule is COc1c(Oc2nnc(C(F)(F)F)c(C)c2C(=O)Nc2cccc(S(C)(=N)=O)c2)ccc(Cl)c1F. The first-order valence-corrected chi connectivity index (χ1v) is 11.9. The van der Waals surface area contributed by atoms with Crippen LogP contribution in [0.2, 0.25) is 5.02 Å². The van der Waals surface area contributed by atoms with E-state index in [0.29, 0.717) is 0 Å². The number of carbonyl (C=O) groups excluding carboxylic acids is 1. The molecule has 0 aliphatic heterocycles. The molecule has 8 nitrogen and oxygen atoms in total. The molecule has 1 aromatic heterocycles. The highest BCUT2D eigenvalue weighted by molar-refractivity contribution is 7.91. The van der Waals surface area contributed by atoms with Gasteiger partial charge in [0.15, 0.2) is 23.0 Å². The summed E-state index contributed by atoms with van der Waals surface area (Å²) < 4.78 is 84.8. The van der Waals surface area contributed by atoms with Crippen LogP contribution in [0.1, 0.15) is 21.6 Å². The molecule has 0 saturated carbocycles. The van der Waals surface area contributed by atoms with Gasteiger partial charge >= 0.3 is 6.18 Å². The number of carbonyl (C=O) groups is 1. The number of hydrogen-bond acceptors (Lipinski definition) is 7. The zero-order valence-corrected chi connectivity index (χ0v) is 19.9. The highest BCUT2D eigenvalue weighted by atomic mass is 35.5. The Morgan fingerprint density at radius 3 is 2.49 bits per heavy atom. The summed E-state index contributed by atoms with van der Waals surface area (Å²) in [6, 6.07) is 7.76. The van der Waals surface area contributed by atoms with Gasteiger partial charge < -0.3 is 14.8 Å². The quantitative estimate of drug-likeness (QED) is 0.394. The number of rotatable bonds is 6. The largest absolute Gasteiger partial charge is 0.490 e. The topological polar surface area (TPSA) is 114 Å². The lowest BCUT2D eigenvalue weighted by atomic mass is 10.1. The van der Waals surface area contributed by atoms with Gasteiger partial charge in [0.2, 0.25) is 0 Å². The van der Waals surface area contributed by atoms with Crippen LogP contribution >= 0.6 is 11.6 Å². The number of anilines is 1. The molecule has 3 rings (SSSR count). The second kappa shape index (κ2) is 9.66. The van der Waals surface area contributed by atoms with Crippen LogP contribution < -0.4 is 14.8 Å². The van der Waals surface area contributed by atoms with E-state index in [-0.39, 0.29) is 21.4 Å². The minimum absolute atomic E-state index is 0.0557. The summed E-state index contributed by atoms with van der Waals surface area (Å²) in [6.07, 6.45) is -3.77. The fourth-order valence-corrected chi connectivity index (χ4v) is 3.85. The van der Waals surface area contributed by atoms with Crippen molar-refractivity contribution in [2.24, 2.45) is 0 Å². The van der Waals surface area contributed by atoms with Crippen LogP contribution in [0.25, 0.3) is 0 Å². The van der Waals surface area contributed by atoms with Crippen LogP contribution in [0.3, 0.4) is 0 Å². The monoisotopic (exact) mass is 532 g/mol. The Kier molecular flexibility index (Phi) is 7.22. The number of hydrogen-bond donors (Lipinski definition) is 2. The molecule has 0 aliphatic rings. The van der Waals surface area contributed by atoms with Gasteiger partial charge in [-0.25, -0.2) is 13.4 Å². The molecule has 0 spiro atoms. The standard InChI is InChI=1S/C21H17ClF4N4O4S/c1-10-15(19(31)28-11-5-4-6-12(9-11)35(3,27)32)20(30-29-18(10)21(24,25)26)34-14-8-7-13(22)16(23)17(14)33-2/h4-9,27H,1-3H3,(H,28,31). The van der Waals surface area contributed by atoms with Gasteiger partial charge in [-0.15, -0.1) is 10.2 Å². The molecule has 0 bridgehead atoms. The number of halogens is 5. The fourth-order valence-electron chi connectivity index (χ4n) is 3.01. The van der Waals surface area contributed by atoms with Gasteiger partial charge in [0.1, 0.15) is 5.56 Å². The minimum Gasteiger partial charge on any atom is -0.490 e. The molecule has 3 aromatic rings. The van der Waals surface area contributed by atoms with Crippen LogP contribution in [0.4, 0.5) is 23.2 Å². The lowest BCUT2D eigenvalue weighted by Crippen LogP contribution is -2.21. The highest BCUT2D eigenvalue weighted by Crippen LogP contribution is 2.39. The average molecular weight is 533 g/mol. The zero-order chi connectivity index (χ0) is 26.1. The minimum atomic E-state index is -4.94. The third-order valence-electron chi connectivity index (χ3n) is 4.65. The summed E-state index contributed by atoms with van der Waals surface area (Å²) in [7, 11) is -2.02. The predicted molar refractivity (Wildman–Crippen MR) is 119 cm³/mol. The number of methoxy groups -OCH3 is 1. The molecule has 0 fully saturated rings.